The van der Waals surface area contributed by atoms with E-state index in [9.17, 15) is 12.8 Å². The zero-order valence-corrected chi connectivity index (χ0v) is 18.0. The van der Waals surface area contributed by atoms with Crippen LogP contribution in [0.1, 0.15) is 42.5 Å². The van der Waals surface area contributed by atoms with E-state index in [0.717, 1.165) is 22.5 Å². The summed E-state index contributed by atoms with van der Waals surface area (Å²) >= 11 is 0. The number of halogens is 1. The van der Waals surface area contributed by atoms with Gasteiger partial charge in [0.05, 0.1) is 12.3 Å². The zero-order valence-electron chi connectivity index (χ0n) is 17.1. The Morgan fingerprint density at radius 3 is 2.52 bits per heavy atom. The highest BCUT2D eigenvalue weighted by Gasteiger charge is 2.34. The van der Waals surface area contributed by atoms with Crippen LogP contribution < -0.4 is 0 Å². The third kappa shape index (κ3) is 5.19. The van der Waals surface area contributed by atoms with Crippen LogP contribution in [0.25, 0.3) is 0 Å². The fourth-order valence-corrected chi connectivity index (χ4v) is 5.21. The summed E-state index contributed by atoms with van der Waals surface area (Å²) < 4.78 is 47.7. The van der Waals surface area contributed by atoms with Crippen LogP contribution in [0, 0.1) is 12.7 Å². The summed E-state index contributed by atoms with van der Waals surface area (Å²) in [6.45, 7) is 7.36. The van der Waals surface area contributed by atoms with Crippen LogP contribution in [0.3, 0.4) is 0 Å². The van der Waals surface area contributed by atoms with Crippen LogP contribution in [-0.2, 0) is 21.4 Å². The van der Waals surface area contributed by atoms with Crippen molar-refractivity contribution in [2.45, 2.75) is 33.3 Å². The maximum Gasteiger partial charge on any atom is 0.282 e. The summed E-state index contributed by atoms with van der Waals surface area (Å²) in [4.78, 5) is 4.59. The first-order chi connectivity index (χ1) is 13.8. The minimum atomic E-state index is -3.51. The second-order valence-electron chi connectivity index (χ2n) is 7.15. The van der Waals surface area contributed by atoms with Gasteiger partial charge >= 0.3 is 0 Å². The Hall–Kier alpha value is -1.87. The third-order valence-electron chi connectivity index (χ3n) is 5.07. The van der Waals surface area contributed by atoms with E-state index in [0.29, 0.717) is 32.7 Å². The van der Waals surface area contributed by atoms with E-state index in [1.165, 1.54) is 20.7 Å². The first-order valence-corrected chi connectivity index (χ1v) is 11.3. The van der Waals surface area contributed by atoms with Gasteiger partial charge in [-0.15, -0.1) is 0 Å². The predicted molar refractivity (Wildman–Crippen MR) is 110 cm³/mol. The average molecular weight is 422 g/mol. The van der Waals surface area contributed by atoms with Crippen molar-refractivity contribution in [3.8, 4) is 0 Å². The van der Waals surface area contributed by atoms with Crippen molar-refractivity contribution in [3.05, 3.63) is 64.7 Å². The lowest BCUT2D eigenvalue weighted by molar-refractivity contribution is -0.00668. The maximum atomic E-state index is 13.2. The highest BCUT2D eigenvalue weighted by Crippen LogP contribution is 2.25. The van der Waals surface area contributed by atoms with E-state index >= 15 is 0 Å². The topological polar surface area (TPSA) is 62.7 Å². The molecule has 0 bridgehead atoms. The number of hydrogen-bond acceptors (Lipinski definition) is 4. The first kappa shape index (κ1) is 21.8. The SMILES string of the molecule is CCN(CC)S(=O)(=O)N1CCO[C@@H](c2cc(Cc3ccc(F)cc3)cc(C)n2)C1. The summed E-state index contributed by atoms with van der Waals surface area (Å²) in [5.74, 6) is -0.259. The molecule has 158 valence electrons. The van der Waals surface area contributed by atoms with Crippen LogP contribution >= 0.6 is 0 Å². The highest BCUT2D eigenvalue weighted by atomic mass is 32.2. The van der Waals surface area contributed by atoms with Crippen molar-refractivity contribution in [3.63, 3.8) is 0 Å². The molecule has 0 saturated carbocycles. The summed E-state index contributed by atoms with van der Waals surface area (Å²) in [7, 11) is -3.51. The van der Waals surface area contributed by atoms with E-state index in [4.69, 9.17) is 4.74 Å². The minimum absolute atomic E-state index is 0.241. The van der Waals surface area contributed by atoms with Gasteiger partial charge in [0, 0.05) is 31.9 Å². The molecule has 29 heavy (non-hydrogen) atoms. The fraction of sp³-hybridized carbons (Fsp3) is 0.476. The number of benzene rings is 1. The number of ether oxygens (including phenoxy) is 1. The van der Waals surface area contributed by atoms with E-state index in [-0.39, 0.29) is 12.4 Å². The van der Waals surface area contributed by atoms with Crippen molar-refractivity contribution in [1.29, 1.82) is 0 Å². The Morgan fingerprint density at radius 1 is 1.17 bits per heavy atom. The number of pyridine rings is 1. The Kier molecular flexibility index (Phi) is 7.00. The number of nitrogens with zero attached hydrogens (tertiary/aromatic N) is 3. The van der Waals surface area contributed by atoms with Crippen molar-refractivity contribution in [2.75, 3.05) is 32.8 Å². The van der Waals surface area contributed by atoms with Gasteiger partial charge in [-0.05, 0) is 48.7 Å². The maximum absolute atomic E-state index is 13.2. The molecule has 2 heterocycles. The zero-order chi connectivity index (χ0) is 21.0. The van der Waals surface area contributed by atoms with Gasteiger partial charge in [-0.3, -0.25) is 4.98 Å². The molecule has 2 aromatic rings. The van der Waals surface area contributed by atoms with Crippen LogP contribution in [0.4, 0.5) is 4.39 Å². The molecule has 1 aliphatic rings. The molecule has 1 saturated heterocycles. The van der Waals surface area contributed by atoms with Crippen LogP contribution in [0.5, 0.6) is 0 Å². The molecule has 1 aliphatic heterocycles. The molecule has 0 N–H and O–H groups in total. The molecule has 0 amide bonds. The Morgan fingerprint density at radius 2 is 1.86 bits per heavy atom. The van der Waals surface area contributed by atoms with E-state index in [1.807, 2.05) is 32.9 Å². The van der Waals surface area contributed by atoms with Gasteiger partial charge in [-0.2, -0.15) is 17.0 Å². The number of morpholine rings is 1. The summed E-state index contributed by atoms with van der Waals surface area (Å²) in [6, 6.07) is 10.4. The van der Waals surface area contributed by atoms with E-state index < -0.39 is 16.3 Å². The second kappa shape index (κ2) is 9.30. The quantitative estimate of drug-likeness (QED) is 0.689. The van der Waals surface area contributed by atoms with Crippen LogP contribution in [-0.4, -0.2) is 54.8 Å². The molecule has 3 rings (SSSR count). The van der Waals surface area contributed by atoms with Crippen LogP contribution in [0.15, 0.2) is 36.4 Å². The van der Waals surface area contributed by atoms with Crippen LogP contribution in [0.2, 0.25) is 0 Å². The smallest absolute Gasteiger partial charge is 0.282 e. The lowest BCUT2D eigenvalue weighted by Crippen LogP contribution is -2.49. The summed E-state index contributed by atoms with van der Waals surface area (Å²) in [5, 5.41) is 0. The van der Waals surface area contributed by atoms with Gasteiger partial charge in [0.25, 0.3) is 10.2 Å². The molecule has 0 spiro atoms. The van der Waals surface area contributed by atoms with Gasteiger partial charge < -0.3 is 4.74 Å². The number of hydrogen-bond donors (Lipinski definition) is 0. The third-order valence-corrected chi connectivity index (χ3v) is 7.22. The number of rotatable bonds is 7. The van der Waals surface area contributed by atoms with E-state index in [2.05, 4.69) is 4.98 Å². The standard InChI is InChI=1S/C21H28FN3O3S/c1-4-24(5-2)29(26,27)25-10-11-28-21(15-25)20-14-18(12-16(3)23-20)13-17-6-8-19(22)9-7-17/h6-9,12,14,21H,4-5,10-11,13,15H2,1-3H3/t21-/m1/s1. The molecule has 8 heteroatoms. The summed E-state index contributed by atoms with van der Waals surface area (Å²) in [5.41, 5.74) is 3.60. The number of aromatic nitrogens is 1. The Labute approximate surface area is 172 Å². The second-order valence-corrected chi connectivity index (χ2v) is 9.08. The monoisotopic (exact) mass is 421 g/mol. The van der Waals surface area contributed by atoms with Crippen molar-refractivity contribution >= 4 is 10.2 Å². The van der Waals surface area contributed by atoms with Crippen molar-refractivity contribution in [1.82, 2.24) is 13.6 Å². The molecule has 1 aromatic heterocycles. The Balaban J connectivity index is 1.81. The molecular weight excluding hydrogens is 393 g/mol. The number of aryl methyl sites for hydroxylation is 1. The molecule has 1 aromatic carbocycles. The van der Waals surface area contributed by atoms with Crippen molar-refractivity contribution in [2.24, 2.45) is 0 Å². The van der Waals surface area contributed by atoms with Gasteiger partial charge in [0.2, 0.25) is 0 Å². The molecule has 6 nitrogen and oxygen atoms in total. The lowest BCUT2D eigenvalue weighted by Gasteiger charge is -2.35. The summed E-state index contributed by atoms with van der Waals surface area (Å²) in [6.07, 6.45) is 0.228. The lowest BCUT2D eigenvalue weighted by atomic mass is 10.0. The van der Waals surface area contributed by atoms with Gasteiger partial charge in [-0.1, -0.05) is 26.0 Å². The van der Waals surface area contributed by atoms with Gasteiger partial charge in [0.15, 0.2) is 0 Å². The molecule has 0 radical (unpaired) electrons. The molecule has 1 atom stereocenters. The fourth-order valence-electron chi connectivity index (χ4n) is 3.60. The molecular formula is C21H28FN3O3S. The van der Waals surface area contributed by atoms with Gasteiger partial charge in [0.1, 0.15) is 11.9 Å². The van der Waals surface area contributed by atoms with Crippen molar-refractivity contribution < 1.29 is 17.5 Å². The largest absolute Gasteiger partial charge is 0.369 e. The first-order valence-electron chi connectivity index (χ1n) is 9.92. The Bertz CT molecular complexity index is 931. The van der Waals surface area contributed by atoms with Gasteiger partial charge in [-0.25, -0.2) is 4.39 Å². The predicted octanol–water partition coefficient (Wildman–Crippen LogP) is 3.08. The van der Waals surface area contributed by atoms with E-state index in [1.54, 1.807) is 12.1 Å². The molecule has 0 aliphatic carbocycles. The average Bonchev–Trinajstić information content (AvgIpc) is 2.70. The minimum Gasteiger partial charge on any atom is -0.369 e. The highest BCUT2D eigenvalue weighted by molar-refractivity contribution is 7.86. The molecule has 0 unspecified atom stereocenters. The molecule has 1 fully saturated rings. The normalized spacial score (nSPS) is 18.3.